The molecule has 0 spiro atoms. The van der Waals surface area contributed by atoms with E-state index in [0.29, 0.717) is 11.4 Å². The number of amides is 1. The van der Waals surface area contributed by atoms with Crippen LogP contribution in [0.25, 0.3) is 0 Å². The molecule has 13 heteroatoms. The Morgan fingerprint density at radius 2 is 1.41 bits per heavy atom. The van der Waals surface area contributed by atoms with Crippen LogP contribution < -0.4 is 19.9 Å². The highest BCUT2D eigenvalue weighted by Crippen LogP contribution is 2.32. The van der Waals surface area contributed by atoms with Crippen LogP contribution in [0, 0.1) is 39.2 Å². The summed E-state index contributed by atoms with van der Waals surface area (Å²) >= 11 is 0. The Bertz CT molecular complexity index is 1330. The van der Waals surface area contributed by atoms with Crippen molar-refractivity contribution in [3.8, 4) is 5.75 Å². The maximum atomic E-state index is 14.1. The summed E-state index contributed by atoms with van der Waals surface area (Å²) < 4.78 is 73.6. The van der Waals surface area contributed by atoms with Crippen LogP contribution in [-0.2, 0) is 0 Å². The molecule has 194 valence electrons. The van der Waals surface area contributed by atoms with Crippen molar-refractivity contribution >= 4 is 28.7 Å². The number of carbonyl (C=O) groups is 1. The van der Waals surface area contributed by atoms with E-state index in [1.807, 2.05) is 4.90 Å². The van der Waals surface area contributed by atoms with E-state index in [2.05, 4.69) is 5.32 Å². The molecular weight excluding hydrogens is 503 g/mol. The third-order valence-electron chi connectivity index (χ3n) is 5.91. The number of piperazine rings is 1. The summed E-state index contributed by atoms with van der Waals surface area (Å²) in [5.74, 6) is -10.5. The maximum absolute atomic E-state index is 14.1. The molecule has 4 rings (SSSR count). The molecule has 1 aliphatic rings. The average Bonchev–Trinajstić information content (AvgIpc) is 2.91. The summed E-state index contributed by atoms with van der Waals surface area (Å²) in [7, 11) is 1.28. The lowest BCUT2D eigenvalue weighted by Crippen LogP contribution is -2.47. The number of nitro benzene ring substituents is 1. The lowest BCUT2D eigenvalue weighted by molar-refractivity contribution is -0.385. The molecule has 1 N–H and O–H groups in total. The summed E-state index contributed by atoms with van der Waals surface area (Å²) in [5, 5.41) is 13.8. The fourth-order valence-electron chi connectivity index (χ4n) is 3.99. The number of ether oxygens (including phenoxy) is 1. The third kappa shape index (κ3) is 4.97. The zero-order chi connectivity index (χ0) is 26.9. The first-order chi connectivity index (χ1) is 17.6. The molecule has 3 aromatic rings. The van der Waals surface area contributed by atoms with Crippen LogP contribution in [0.2, 0.25) is 0 Å². The molecule has 1 saturated heterocycles. The maximum Gasteiger partial charge on any atom is 0.311 e. The molecule has 0 saturated carbocycles. The molecule has 1 aliphatic heterocycles. The SMILES string of the molecule is COc1ccc(C(=O)Nc2ccc(N3CCN(c4c(F)c(F)c(F)c(F)c4F)CC3)cc2)cc1[N+](=O)[O-]. The Morgan fingerprint density at radius 3 is 1.95 bits per heavy atom. The quantitative estimate of drug-likeness (QED) is 0.163. The highest BCUT2D eigenvalue weighted by Gasteiger charge is 2.30. The van der Waals surface area contributed by atoms with Crippen LogP contribution in [-0.4, -0.2) is 44.1 Å². The lowest BCUT2D eigenvalue weighted by Gasteiger charge is -2.37. The number of methoxy groups -OCH3 is 1. The monoisotopic (exact) mass is 522 g/mol. The van der Waals surface area contributed by atoms with Gasteiger partial charge in [-0.2, -0.15) is 0 Å². The Labute approximate surface area is 207 Å². The van der Waals surface area contributed by atoms with Gasteiger partial charge < -0.3 is 19.9 Å². The van der Waals surface area contributed by atoms with E-state index in [1.165, 1.54) is 19.2 Å². The predicted molar refractivity (Wildman–Crippen MR) is 125 cm³/mol. The fraction of sp³-hybridized carbons (Fsp3) is 0.208. The fourth-order valence-corrected chi connectivity index (χ4v) is 3.99. The van der Waals surface area contributed by atoms with Gasteiger partial charge in [-0.05, 0) is 36.4 Å². The van der Waals surface area contributed by atoms with Gasteiger partial charge in [-0.25, -0.2) is 22.0 Å². The van der Waals surface area contributed by atoms with E-state index < -0.39 is 45.6 Å². The van der Waals surface area contributed by atoms with Crippen molar-refractivity contribution < 1.29 is 36.4 Å². The molecule has 8 nitrogen and oxygen atoms in total. The highest BCUT2D eigenvalue weighted by atomic mass is 19.2. The summed E-state index contributed by atoms with van der Waals surface area (Å²) in [6, 6.07) is 10.4. The topological polar surface area (TPSA) is 88.0 Å². The van der Waals surface area contributed by atoms with Crippen LogP contribution in [0.4, 0.5) is 44.7 Å². The van der Waals surface area contributed by atoms with Crippen LogP contribution in [0.3, 0.4) is 0 Å². The van der Waals surface area contributed by atoms with Gasteiger partial charge in [0.1, 0.15) is 5.69 Å². The standard InChI is InChI=1S/C24H19F5N4O4/c1-37-17-7-2-13(12-16(17)33(35)36)24(34)30-14-3-5-15(6-4-14)31-8-10-32(11-9-31)23-21(28)19(26)18(25)20(27)22(23)29/h2-7,12H,8-11H2,1H3,(H,30,34). The number of rotatable bonds is 6. The van der Waals surface area contributed by atoms with Gasteiger partial charge in [0.15, 0.2) is 29.0 Å². The van der Waals surface area contributed by atoms with Gasteiger partial charge in [0, 0.05) is 49.2 Å². The first kappa shape index (κ1) is 25.7. The minimum Gasteiger partial charge on any atom is -0.490 e. The molecule has 0 radical (unpaired) electrons. The summed E-state index contributed by atoms with van der Waals surface area (Å²) in [5.41, 5.74) is -0.133. The summed E-state index contributed by atoms with van der Waals surface area (Å²) in [6.45, 7) is 0.488. The van der Waals surface area contributed by atoms with Gasteiger partial charge in [-0.15, -0.1) is 0 Å². The Hall–Kier alpha value is -4.42. The van der Waals surface area contributed by atoms with Crippen molar-refractivity contribution in [1.29, 1.82) is 0 Å². The van der Waals surface area contributed by atoms with Gasteiger partial charge >= 0.3 is 5.69 Å². The second-order valence-electron chi connectivity index (χ2n) is 8.04. The van der Waals surface area contributed by atoms with Crippen LogP contribution in [0.15, 0.2) is 42.5 Å². The molecule has 1 amide bonds. The molecular formula is C24H19F5N4O4. The molecule has 0 bridgehead atoms. The number of nitro groups is 1. The van der Waals surface area contributed by atoms with Gasteiger partial charge in [0.2, 0.25) is 5.82 Å². The van der Waals surface area contributed by atoms with Crippen molar-refractivity contribution in [2.75, 3.05) is 48.4 Å². The molecule has 0 atom stereocenters. The lowest BCUT2D eigenvalue weighted by atomic mass is 10.1. The van der Waals surface area contributed by atoms with Crippen LogP contribution in [0.5, 0.6) is 5.75 Å². The average molecular weight is 522 g/mol. The Balaban J connectivity index is 1.41. The molecule has 37 heavy (non-hydrogen) atoms. The molecule has 3 aromatic carbocycles. The number of anilines is 3. The number of nitrogens with zero attached hydrogens (tertiary/aromatic N) is 3. The van der Waals surface area contributed by atoms with Crippen LogP contribution >= 0.6 is 0 Å². The number of nitrogens with one attached hydrogen (secondary N) is 1. The summed E-state index contributed by atoms with van der Waals surface area (Å²) in [6.07, 6.45) is 0. The predicted octanol–water partition coefficient (Wildman–Crippen LogP) is 4.88. The second-order valence-corrected chi connectivity index (χ2v) is 8.04. The van der Waals surface area contributed by atoms with E-state index in [1.54, 1.807) is 24.3 Å². The van der Waals surface area contributed by atoms with Crippen molar-refractivity contribution in [2.24, 2.45) is 0 Å². The van der Waals surface area contributed by atoms with Gasteiger partial charge in [0.25, 0.3) is 5.91 Å². The zero-order valence-electron chi connectivity index (χ0n) is 19.2. The molecule has 0 unspecified atom stereocenters. The van der Waals surface area contributed by atoms with E-state index in [9.17, 15) is 36.9 Å². The third-order valence-corrected chi connectivity index (χ3v) is 5.91. The van der Waals surface area contributed by atoms with Crippen molar-refractivity contribution in [1.82, 2.24) is 0 Å². The minimum atomic E-state index is -2.20. The molecule has 1 fully saturated rings. The zero-order valence-corrected chi connectivity index (χ0v) is 19.2. The van der Waals surface area contributed by atoms with E-state index in [0.717, 1.165) is 11.0 Å². The van der Waals surface area contributed by atoms with Crippen LogP contribution in [0.1, 0.15) is 10.4 Å². The van der Waals surface area contributed by atoms with E-state index in [-0.39, 0.29) is 43.2 Å². The largest absolute Gasteiger partial charge is 0.490 e. The van der Waals surface area contributed by atoms with Gasteiger partial charge in [0.05, 0.1) is 12.0 Å². The number of hydrogen-bond acceptors (Lipinski definition) is 6. The van der Waals surface area contributed by atoms with Crippen molar-refractivity contribution in [2.45, 2.75) is 0 Å². The first-order valence-corrected chi connectivity index (χ1v) is 10.9. The van der Waals surface area contributed by atoms with E-state index in [4.69, 9.17) is 4.74 Å². The first-order valence-electron chi connectivity index (χ1n) is 10.9. The van der Waals surface area contributed by atoms with Crippen molar-refractivity contribution in [3.05, 3.63) is 87.2 Å². The number of halogens is 5. The smallest absolute Gasteiger partial charge is 0.311 e. The normalized spacial score (nSPS) is 13.5. The molecule has 0 aliphatic carbocycles. The number of hydrogen-bond donors (Lipinski definition) is 1. The number of benzene rings is 3. The minimum absolute atomic E-state index is 0.00703. The van der Waals surface area contributed by atoms with E-state index >= 15 is 0 Å². The van der Waals surface area contributed by atoms with Gasteiger partial charge in [-0.3, -0.25) is 14.9 Å². The molecule has 0 aromatic heterocycles. The van der Waals surface area contributed by atoms with Crippen molar-refractivity contribution in [3.63, 3.8) is 0 Å². The Kier molecular flexibility index (Phi) is 7.14. The molecule has 1 heterocycles. The summed E-state index contributed by atoms with van der Waals surface area (Å²) in [4.78, 5) is 26.0. The number of carbonyl (C=O) groups excluding carboxylic acids is 1. The highest BCUT2D eigenvalue weighted by molar-refractivity contribution is 6.04. The Morgan fingerprint density at radius 1 is 0.865 bits per heavy atom. The second kappa shape index (κ2) is 10.3. The van der Waals surface area contributed by atoms with Gasteiger partial charge in [-0.1, -0.05) is 0 Å².